The van der Waals surface area contributed by atoms with Crippen LogP contribution in [-0.4, -0.2) is 63.7 Å². The number of carbonyl (C=O) groups is 2. The molecule has 0 unspecified atom stereocenters. The lowest BCUT2D eigenvalue weighted by Crippen LogP contribution is -2.46. The Balaban J connectivity index is 0.000000687. The van der Waals surface area contributed by atoms with Gasteiger partial charge < -0.3 is 25.0 Å². The summed E-state index contributed by atoms with van der Waals surface area (Å²) in [4.78, 5) is 40.0. The Labute approximate surface area is 176 Å². The van der Waals surface area contributed by atoms with E-state index in [0.717, 1.165) is 34.1 Å². The molecule has 5 heterocycles. The quantitative estimate of drug-likeness (QED) is 0.526. The molecule has 0 radical (unpaired) electrons. The molecule has 2 saturated heterocycles. The van der Waals surface area contributed by atoms with Crippen molar-refractivity contribution >= 4 is 40.6 Å². The van der Waals surface area contributed by atoms with Gasteiger partial charge in [0.25, 0.3) is 6.47 Å². The lowest BCUT2D eigenvalue weighted by atomic mass is 9.80. The smallest absolute Gasteiger partial charge is 0.290 e. The number of ether oxygens (including phenoxy) is 1. The van der Waals surface area contributed by atoms with Crippen LogP contribution < -0.4 is 10.2 Å². The number of anilines is 1. The van der Waals surface area contributed by atoms with Crippen molar-refractivity contribution in [3.05, 3.63) is 34.7 Å². The first-order valence-corrected chi connectivity index (χ1v) is 10.3. The molecule has 0 spiro atoms. The predicted octanol–water partition coefficient (Wildman–Crippen LogP) is 1.19. The number of fused-ring (bicyclic) bond motifs is 2. The van der Waals surface area contributed by atoms with E-state index in [9.17, 15) is 4.79 Å². The summed E-state index contributed by atoms with van der Waals surface area (Å²) in [5.74, 6) is 1.06. The van der Waals surface area contributed by atoms with E-state index in [1.165, 1.54) is 0 Å². The van der Waals surface area contributed by atoms with Gasteiger partial charge in [-0.25, -0.2) is 15.0 Å². The van der Waals surface area contributed by atoms with Crippen molar-refractivity contribution in [2.45, 2.75) is 13.5 Å². The van der Waals surface area contributed by atoms with E-state index < -0.39 is 5.41 Å². The van der Waals surface area contributed by atoms with Crippen LogP contribution in [0.1, 0.15) is 10.7 Å². The van der Waals surface area contributed by atoms with Crippen molar-refractivity contribution in [1.82, 2.24) is 25.3 Å². The Kier molecular flexibility index (Phi) is 5.64. The molecule has 3 aromatic heterocycles. The van der Waals surface area contributed by atoms with E-state index in [1.807, 2.05) is 24.6 Å². The van der Waals surface area contributed by atoms with Gasteiger partial charge in [0.15, 0.2) is 0 Å². The summed E-state index contributed by atoms with van der Waals surface area (Å²) < 4.78 is 5.71. The van der Waals surface area contributed by atoms with Crippen molar-refractivity contribution in [2.24, 2.45) is 11.3 Å². The van der Waals surface area contributed by atoms with E-state index in [-0.39, 0.29) is 18.3 Å². The Morgan fingerprint density at radius 2 is 2.37 bits per heavy atom. The van der Waals surface area contributed by atoms with E-state index in [4.69, 9.17) is 14.6 Å². The van der Waals surface area contributed by atoms with Crippen molar-refractivity contribution in [1.29, 1.82) is 0 Å². The average Bonchev–Trinajstić information content (AvgIpc) is 3.49. The lowest BCUT2D eigenvalue weighted by Gasteiger charge is -2.26. The SMILES string of the molecule is Cc1nc(CNC(=O)[C@@]23COC[C@@H]2CN(c2ncnc4[nH]ccc24)C3)cs1.O=CO. The highest BCUT2D eigenvalue weighted by Gasteiger charge is 2.56. The number of aromatic nitrogens is 4. The van der Waals surface area contributed by atoms with Crippen LogP contribution in [0.4, 0.5) is 5.82 Å². The van der Waals surface area contributed by atoms with Crippen LogP contribution >= 0.6 is 11.3 Å². The molecule has 0 aromatic carbocycles. The first-order chi connectivity index (χ1) is 14.6. The minimum Gasteiger partial charge on any atom is -0.483 e. The van der Waals surface area contributed by atoms with Crippen molar-refractivity contribution in [3.8, 4) is 0 Å². The summed E-state index contributed by atoms with van der Waals surface area (Å²) in [6.45, 7) is 4.55. The molecule has 2 aliphatic rings. The topological polar surface area (TPSA) is 133 Å². The van der Waals surface area contributed by atoms with Crippen LogP contribution in [0.3, 0.4) is 0 Å². The summed E-state index contributed by atoms with van der Waals surface area (Å²) in [6.07, 6.45) is 3.43. The largest absolute Gasteiger partial charge is 0.483 e. The highest BCUT2D eigenvalue weighted by atomic mass is 32.1. The number of hydrogen-bond acceptors (Lipinski definition) is 8. The van der Waals surface area contributed by atoms with E-state index >= 15 is 0 Å². The number of amides is 1. The molecule has 2 aliphatic heterocycles. The van der Waals surface area contributed by atoms with Crippen LogP contribution in [0.25, 0.3) is 11.0 Å². The summed E-state index contributed by atoms with van der Waals surface area (Å²) in [5, 5.41) is 13.9. The Morgan fingerprint density at radius 1 is 1.53 bits per heavy atom. The first-order valence-electron chi connectivity index (χ1n) is 9.45. The zero-order chi connectivity index (χ0) is 21.1. The highest BCUT2D eigenvalue weighted by molar-refractivity contribution is 7.09. The van der Waals surface area contributed by atoms with Gasteiger partial charge in [-0.3, -0.25) is 9.59 Å². The number of H-pyrrole nitrogens is 1. The van der Waals surface area contributed by atoms with Gasteiger partial charge in [0, 0.05) is 30.6 Å². The molecule has 3 N–H and O–H groups in total. The summed E-state index contributed by atoms with van der Waals surface area (Å²) in [5.41, 5.74) is 1.17. The van der Waals surface area contributed by atoms with Crippen molar-refractivity contribution < 1.29 is 19.4 Å². The number of rotatable bonds is 4. The minimum atomic E-state index is -0.543. The number of aromatic amines is 1. The fourth-order valence-corrected chi connectivity index (χ4v) is 4.78. The Hall–Kier alpha value is -3.05. The summed E-state index contributed by atoms with van der Waals surface area (Å²) in [7, 11) is 0. The van der Waals surface area contributed by atoms with E-state index in [2.05, 4.69) is 30.2 Å². The van der Waals surface area contributed by atoms with Crippen molar-refractivity contribution in [2.75, 3.05) is 31.2 Å². The third-order valence-electron chi connectivity index (χ3n) is 5.56. The standard InChI is InChI=1S/C18H20N6O2S.CH2O2/c1-11-23-13(7-27-11)4-20-17(25)18-8-24(5-12(18)6-26-9-18)16-14-2-3-19-15(14)21-10-22-16;2-1-3/h2-3,7,10,12H,4-6,8-9H2,1H3,(H,20,25)(H,19,21,22);1H,(H,2,3)/t12-,18-;/m0./s1. The molecule has 0 saturated carbocycles. The molecule has 1 amide bonds. The van der Waals surface area contributed by atoms with Crippen LogP contribution in [0, 0.1) is 18.3 Å². The molecule has 30 heavy (non-hydrogen) atoms. The second-order valence-electron chi connectivity index (χ2n) is 7.33. The van der Waals surface area contributed by atoms with Gasteiger partial charge in [-0.1, -0.05) is 0 Å². The molecular formula is C19H22N6O4S. The number of carbonyl (C=O) groups excluding carboxylic acids is 1. The maximum Gasteiger partial charge on any atom is 0.290 e. The third kappa shape index (κ3) is 3.61. The van der Waals surface area contributed by atoms with Gasteiger partial charge in [0.2, 0.25) is 5.91 Å². The number of nitrogens with one attached hydrogen (secondary N) is 2. The number of nitrogens with zero attached hydrogens (tertiary/aromatic N) is 4. The molecule has 10 nitrogen and oxygen atoms in total. The van der Waals surface area contributed by atoms with Crippen LogP contribution in [-0.2, 0) is 20.9 Å². The Morgan fingerprint density at radius 3 is 3.13 bits per heavy atom. The lowest BCUT2D eigenvalue weighted by molar-refractivity contribution is -0.131. The molecule has 158 valence electrons. The number of aryl methyl sites for hydroxylation is 1. The molecule has 0 bridgehead atoms. The number of carboxylic acid groups (broad SMARTS) is 1. The minimum absolute atomic E-state index is 0.0394. The van der Waals surface area contributed by atoms with Gasteiger partial charge in [-0.15, -0.1) is 11.3 Å². The molecular weight excluding hydrogens is 408 g/mol. The molecule has 5 rings (SSSR count). The number of hydrogen-bond donors (Lipinski definition) is 3. The molecule has 2 atom stereocenters. The van der Waals surface area contributed by atoms with Gasteiger partial charge in [-0.05, 0) is 13.0 Å². The zero-order valence-corrected chi connectivity index (χ0v) is 17.2. The zero-order valence-electron chi connectivity index (χ0n) is 16.4. The normalized spacial score (nSPS) is 22.4. The second-order valence-corrected chi connectivity index (χ2v) is 8.39. The highest BCUT2D eigenvalue weighted by Crippen LogP contribution is 2.43. The molecule has 3 aromatic rings. The fourth-order valence-electron chi connectivity index (χ4n) is 4.17. The maximum absolute atomic E-state index is 13.1. The van der Waals surface area contributed by atoms with Gasteiger partial charge in [0.1, 0.15) is 17.8 Å². The maximum atomic E-state index is 13.1. The van der Waals surface area contributed by atoms with Gasteiger partial charge >= 0.3 is 0 Å². The second kappa shape index (κ2) is 8.36. The average molecular weight is 430 g/mol. The fraction of sp³-hybridized carbons (Fsp3) is 0.421. The van der Waals surface area contributed by atoms with Gasteiger partial charge in [0.05, 0.1) is 41.3 Å². The summed E-state index contributed by atoms with van der Waals surface area (Å²) >= 11 is 1.59. The van der Waals surface area contributed by atoms with Crippen LogP contribution in [0.5, 0.6) is 0 Å². The first kappa shape index (κ1) is 20.2. The van der Waals surface area contributed by atoms with Crippen molar-refractivity contribution in [3.63, 3.8) is 0 Å². The van der Waals surface area contributed by atoms with Crippen LogP contribution in [0.15, 0.2) is 24.0 Å². The monoisotopic (exact) mass is 430 g/mol. The summed E-state index contributed by atoms with van der Waals surface area (Å²) in [6, 6.07) is 1.98. The number of thiazole rings is 1. The predicted molar refractivity (Wildman–Crippen MR) is 110 cm³/mol. The van der Waals surface area contributed by atoms with Gasteiger partial charge in [-0.2, -0.15) is 0 Å². The molecule has 11 heteroatoms. The molecule has 0 aliphatic carbocycles. The van der Waals surface area contributed by atoms with E-state index in [0.29, 0.717) is 26.3 Å². The Bertz CT molecular complexity index is 1050. The third-order valence-corrected chi connectivity index (χ3v) is 6.38. The molecule has 2 fully saturated rings. The van der Waals surface area contributed by atoms with Crippen LogP contribution in [0.2, 0.25) is 0 Å². The van der Waals surface area contributed by atoms with E-state index in [1.54, 1.807) is 17.7 Å².